The van der Waals surface area contributed by atoms with Crippen LogP contribution in [0.3, 0.4) is 0 Å². The SMILES string of the molecule is CCC(CC)N(C)c1ccc(N)c2nonc12. The third kappa shape index (κ3) is 1.92. The van der Waals surface area contributed by atoms with E-state index in [-0.39, 0.29) is 0 Å². The number of fused-ring (bicyclic) bond motifs is 1. The molecule has 2 rings (SSSR count). The average Bonchev–Trinajstić information content (AvgIpc) is 2.81. The Bertz CT molecular complexity index is 504. The Morgan fingerprint density at radius 3 is 2.53 bits per heavy atom. The van der Waals surface area contributed by atoms with Crippen LogP contribution in [0.25, 0.3) is 11.0 Å². The number of nitrogens with two attached hydrogens (primary N) is 1. The zero-order valence-corrected chi connectivity index (χ0v) is 10.5. The average molecular weight is 234 g/mol. The van der Waals surface area contributed by atoms with Crippen molar-refractivity contribution in [2.45, 2.75) is 32.7 Å². The van der Waals surface area contributed by atoms with Gasteiger partial charge in [-0.05, 0) is 35.3 Å². The second-order valence-corrected chi connectivity index (χ2v) is 4.22. The molecule has 1 aromatic heterocycles. The number of benzene rings is 1. The number of nitrogens with zero attached hydrogens (tertiary/aromatic N) is 3. The van der Waals surface area contributed by atoms with Gasteiger partial charge in [0.15, 0.2) is 11.0 Å². The number of nitrogen functional groups attached to an aromatic ring is 1. The van der Waals surface area contributed by atoms with Crippen LogP contribution in [0.5, 0.6) is 0 Å². The first-order chi connectivity index (χ1) is 8.19. The second-order valence-electron chi connectivity index (χ2n) is 4.22. The van der Waals surface area contributed by atoms with Crippen LogP contribution in [-0.4, -0.2) is 23.4 Å². The summed E-state index contributed by atoms with van der Waals surface area (Å²) in [4.78, 5) is 2.21. The van der Waals surface area contributed by atoms with Crippen molar-refractivity contribution in [3.63, 3.8) is 0 Å². The minimum absolute atomic E-state index is 0.485. The summed E-state index contributed by atoms with van der Waals surface area (Å²) >= 11 is 0. The van der Waals surface area contributed by atoms with Crippen molar-refractivity contribution < 1.29 is 4.63 Å². The molecular weight excluding hydrogens is 216 g/mol. The zero-order chi connectivity index (χ0) is 12.4. The third-order valence-corrected chi connectivity index (χ3v) is 3.30. The first-order valence-electron chi connectivity index (χ1n) is 5.92. The van der Waals surface area contributed by atoms with E-state index in [1.54, 1.807) is 0 Å². The van der Waals surface area contributed by atoms with E-state index >= 15 is 0 Å². The Hall–Kier alpha value is -1.78. The molecule has 92 valence electrons. The van der Waals surface area contributed by atoms with Crippen LogP contribution in [0, 0.1) is 0 Å². The van der Waals surface area contributed by atoms with Crippen LogP contribution in [0.1, 0.15) is 26.7 Å². The predicted octanol–water partition coefficient (Wildman–Crippen LogP) is 2.43. The van der Waals surface area contributed by atoms with Gasteiger partial charge in [0.25, 0.3) is 0 Å². The third-order valence-electron chi connectivity index (χ3n) is 3.30. The molecule has 0 aliphatic heterocycles. The van der Waals surface area contributed by atoms with Gasteiger partial charge in [-0.1, -0.05) is 13.8 Å². The molecule has 5 heteroatoms. The summed E-state index contributed by atoms with van der Waals surface area (Å²) in [5.74, 6) is 0. The first-order valence-corrected chi connectivity index (χ1v) is 5.92. The smallest absolute Gasteiger partial charge is 0.160 e. The van der Waals surface area contributed by atoms with Gasteiger partial charge in [-0.15, -0.1) is 0 Å². The molecule has 0 unspecified atom stereocenters. The molecule has 5 nitrogen and oxygen atoms in total. The molecule has 0 aliphatic rings. The van der Waals surface area contributed by atoms with Gasteiger partial charge in [-0.3, -0.25) is 0 Å². The molecule has 2 aromatic rings. The molecule has 1 heterocycles. The van der Waals surface area contributed by atoms with E-state index in [0.717, 1.165) is 24.0 Å². The van der Waals surface area contributed by atoms with E-state index in [9.17, 15) is 0 Å². The fraction of sp³-hybridized carbons (Fsp3) is 0.500. The maximum atomic E-state index is 5.83. The summed E-state index contributed by atoms with van der Waals surface area (Å²) in [7, 11) is 2.07. The van der Waals surface area contributed by atoms with E-state index in [4.69, 9.17) is 10.4 Å². The van der Waals surface area contributed by atoms with Crippen molar-refractivity contribution in [1.29, 1.82) is 0 Å². The fourth-order valence-corrected chi connectivity index (χ4v) is 2.19. The summed E-state index contributed by atoms with van der Waals surface area (Å²) in [6, 6.07) is 4.31. The van der Waals surface area contributed by atoms with Crippen LogP contribution >= 0.6 is 0 Å². The molecule has 1 aromatic carbocycles. The monoisotopic (exact) mass is 234 g/mol. The summed E-state index contributed by atoms with van der Waals surface area (Å²) in [5, 5.41) is 7.78. The minimum atomic E-state index is 0.485. The molecule has 0 saturated heterocycles. The van der Waals surface area contributed by atoms with Crippen molar-refractivity contribution in [1.82, 2.24) is 10.3 Å². The van der Waals surface area contributed by atoms with Gasteiger partial charge in [0.2, 0.25) is 0 Å². The van der Waals surface area contributed by atoms with Gasteiger partial charge in [-0.25, -0.2) is 4.63 Å². The lowest BCUT2D eigenvalue weighted by Gasteiger charge is -2.28. The van der Waals surface area contributed by atoms with E-state index in [1.165, 1.54) is 0 Å². The molecule has 2 N–H and O–H groups in total. The molecule has 0 saturated carbocycles. The molecule has 0 radical (unpaired) electrons. The number of hydrogen-bond acceptors (Lipinski definition) is 5. The Morgan fingerprint density at radius 2 is 1.88 bits per heavy atom. The molecular formula is C12H18N4O. The maximum Gasteiger partial charge on any atom is 0.160 e. The fourth-order valence-electron chi connectivity index (χ4n) is 2.19. The largest absolute Gasteiger partial charge is 0.397 e. The topological polar surface area (TPSA) is 68.2 Å². The van der Waals surface area contributed by atoms with Gasteiger partial charge in [-0.2, -0.15) is 0 Å². The Kier molecular flexibility index (Phi) is 3.17. The summed E-state index contributed by atoms with van der Waals surface area (Å²) in [6.45, 7) is 4.36. The van der Waals surface area contributed by atoms with Crippen LogP contribution in [0.15, 0.2) is 16.8 Å². The lowest BCUT2D eigenvalue weighted by Crippen LogP contribution is -2.30. The van der Waals surface area contributed by atoms with Crippen molar-refractivity contribution >= 4 is 22.4 Å². The Labute approximate surface area is 101 Å². The summed E-state index contributed by atoms with van der Waals surface area (Å²) in [6.07, 6.45) is 2.17. The highest BCUT2D eigenvalue weighted by molar-refractivity contribution is 5.95. The van der Waals surface area contributed by atoms with E-state index in [0.29, 0.717) is 17.2 Å². The molecule has 0 aliphatic carbocycles. The second kappa shape index (κ2) is 4.61. The van der Waals surface area contributed by atoms with Gasteiger partial charge in [0, 0.05) is 13.1 Å². The van der Waals surface area contributed by atoms with Gasteiger partial charge in [0.05, 0.1) is 11.4 Å². The van der Waals surface area contributed by atoms with Crippen molar-refractivity contribution in [2.75, 3.05) is 17.7 Å². The molecule has 0 spiro atoms. The lowest BCUT2D eigenvalue weighted by atomic mass is 10.1. The van der Waals surface area contributed by atoms with E-state index in [1.807, 2.05) is 12.1 Å². The number of rotatable bonds is 4. The molecule has 0 amide bonds. The van der Waals surface area contributed by atoms with Crippen LogP contribution in [0.2, 0.25) is 0 Å². The van der Waals surface area contributed by atoms with Gasteiger partial charge < -0.3 is 10.6 Å². The Balaban J connectivity index is 2.48. The predicted molar refractivity (Wildman–Crippen MR) is 69.0 cm³/mol. The number of anilines is 2. The van der Waals surface area contributed by atoms with E-state index < -0.39 is 0 Å². The summed E-state index contributed by atoms with van der Waals surface area (Å²) in [5.41, 5.74) is 8.82. The van der Waals surface area contributed by atoms with Gasteiger partial charge >= 0.3 is 0 Å². The highest BCUT2D eigenvalue weighted by atomic mass is 16.6. The van der Waals surface area contributed by atoms with Crippen LogP contribution in [0.4, 0.5) is 11.4 Å². The van der Waals surface area contributed by atoms with Crippen molar-refractivity contribution in [3.05, 3.63) is 12.1 Å². The van der Waals surface area contributed by atoms with Crippen molar-refractivity contribution in [3.8, 4) is 0 Å². The lowest BCUT2D eigenvalue weighted by molar-refractivity contribution is 0.315. The molecule has 0 fully saturated rings. The number of hydrogen-bond donors (Lipinski definition) is 1. The Morgan fingerprint density at radius 1 is 1.24 bits per heavy atom. The van der Waals surface area contributed by atoms with E-state index in [2.05, 4.69) is 36.1 Å². The maximum absolute atomic E-state index is 5.83. The zero-order valence-electron chi connectivity index (χ0n) is 10.5. The summed E-state index contributed by atoms with van der Waals surface area (Å²) < 4.78 is 4.78. The van der Waals surface area contributed by atoms with Crippen LogP contribution in [-0.2, 0) is 0 Å². The van der Waals surface area contributed by atoms with Gasteiger partial charge in [0.1, 0.15) is 0 Å². The minimum Gasteiger partial charge on any atom is -0.397 e. The van der Waals surface area contributed by atoms with Crippen LogP contribution < -0.4 is 10.6 Å². The molecule has 17 heavy (non-hydrogen) atoms. The first kappa shape index (κ1) is 11.7. The normalized spacial score (nSPS) is 11.3. The molecule has 0 bridgehead atoms. The van der Waals surface area contributed by atoms with Crippen molar-refractivity contribution in [2.24, 2.45) is 0 Å². The highest BCUT2D eigenvalue weighted by Gasteiger charge is 2.17. The molecule has 0 atom stereocenters. The number of aromatic nitrogens is 2. The highest BCUT2D eigenvalue weighted by Crippen LogP contribution is 2.29. The standard InChI is InChI=1S/C12H18N4O/c1-4-8(5-2)16(3)10-7-6-9(13)11-12(10)15-17-14-11/h6-8H,4-5,13H2,1-3H3. The quantitative estimate of drug-likeness (QED) is 0.823.